The molecular weight excluding hydrogens is 340 g/mol. The van der Waals surface area contributed by atoms with Crippen molar-refractivity contribution in [2.24, 2.45) is 0 Å². The molecule has 0 aliphatic carbocycles. The van der Waals surface area contributed by atoms with Gasteiger partial charge in [-0.05, 0) is 19.1 Å². The van der Waals surface area contributed by atoms with Crippen molar-refractivity contribution in [3.63, 3.8) is 0 Å². The van der Waals surface area contributed by atoms with E-state index in [0.717, 1.165) is 10.7 Å². The Labute approximate surface area is 148 Å². The number of carboxylic acids is 1. The number of aromatic nitrogens is 3. The molecule has 1 aromatic carbocycles. The summed E-state index contributed by atoms with van der Waals surface area (Å²) in [4.78, 5) is 30.0. The highest BCUT2D eigenvalue weighted by atomic mass is 32.1. The molecule has 128 valence electrons. The Balaban J connectivity index is 1.94. The summed E-state index contributed by atoms with van der Waals surface area (Å²) in [6, 6.07) is 10.3. The second kappa shape index (κ2) is 6.86. The Kier molecular flexibility index (Phi) is 4.62. The van der Waals surface area contributed by atoms with Gasteiger partial charge in [-0.25, -0.2) is 14.5 Å². The standard InChI is InChI=1S/C17H16N4O3S/c1-11-18-12(10-25-11)9-20(2)16(22)15-8-14(17(23)24)19-21(15)13-6-4-3-5-7-13/h3-8,10H,9H2,1-2H3,(H,23,24). The van der Waals surface area contributed by atoms with Gasteiger partial charge < -0.3 is 10.0 Å². The molecule has 2 aromatic heterocycles. The van der Waals surface area contributed by atoms with Crippen molar-refractivity contribution in [2.75, 3.05) is 7.05 Å². The summed E-state index contributed by atoms with van der Waals surface area (Å²) in [5, 5.41) is 16.1. The van der Waals surface area contributed by atoms with Gasteiger partial charge in [0.25, 0.3) is 5.91 Å². The van der Waals surface area contributed by atoms with Crippen LogP contribution in [0.25, 0.3) is 5.69 Å². The van der Waals surface area contributed by atoms with E-state index in [-0.39, 0.29) is 17.3 Å². The zero-order valence-electron chi connectivity index (χ0n) is 13.7. The lowest BCUT2D eigenvalue weighted by atomic mass is 10.3. The summed E-state index contributed by atoms with van der Waals surface area (Å²) in [6.45, 7) is 2.24. The van der Waals surface area contributed by atoms with Crippen LogP contribution < -0.4 is 0 Å². The SMILES string of the molecule is Cc1nc(CN(C)C(=O)c2cc(C(=O)O)nn2-c2ccccc2)cs1. The lowest BCUT2D eigenvalue weighted by molar-refractivity contribution is 0.0689. The number of benzene rings is 1. The van der Waals surface area contributed by atoms with E-state index in [2.05, 4.69) is 10.1 Å². The van der Waals surface area contributed by atoms with E-state index >= 15 is 0 Å². The number of aryl methyl sites for hydroxylation is 1. The molecule has 1 amide bonds. The Morgan fingerprint density at radius 2 is 2.00 bits per heavy atom. The van der Waals surface area contributed by atoms with Crippen molar-refractivity contribution >= 4 is 23.2 Å². The number of para-hydroxylation sites is 1. The van der Waals surface area contributed by atoms with Crippen molar-refractivity contribution in [1.29, 1.82) is 0 Å². The van der Waals surface area contributed by atoms with Crippen LogP contribution in [0.15, 0.2) is 41.8 Å². The number of aromatic carboxylic acids is 1. The zero-order chi connectivity index (χ0) is 18.0. The highest BCUT2D eigenvalue weighted by Crippen LogP contribution is 2.16. The number of hydrogen-bond donors (Lipinski definition) is 1. The molecule has 8 heteroatoms. The number of carboxylic acid groups (broad SMARTS) is 1. The number of thiazole rings is 1. The first kappa shape index (κ1) is 16.8. The summed E-state index contributed by atoms with van der Waals surface area (Å²) in [6.07, 6.45) is 0. The minimum atomic E-state index is -1.18. The van der Waals surface area contributed by atoms with Crippen LogP contribution in [-0.2, 0) is 6.54 Å². The molecule has 0 radical (unpaired) electrons. The fraction of sp³-hybridized carbons (Fsp3) is 0.176. The molecule has 0 unspecified atom stereocenters. The molecule has 0 spiro atoms. The average Bonchev–Trinajstić information content (AvgIpc) is 3.21. The van der Waals surface area contributed by atoms with Gasteiger partial charge in [0.1, 0.15) is 5.69 Å². The Morgan fingerprint density at radius 1 is 1.28 bits per heavy atom. The molecule has 0 saturated carbocycles. The number of carbonyl (C=O) groups excluding carboxylic acids is 1. The van der Waals surface area contributed by atoms with E-state index in [1.54, 1.807) is 31.3 Å². The van der Waals surface area contributed by atoms with Crippen LogP contribution in [0.2, 0.25) is 0 Å². The molecule has 0 bridgehead atoms. The predicted octanol–water partition coefficient (Wildman–Crippen LogP) is 2.61. The van der Waals surface area contributed by atoms with E-state index in [9.17, 15) is 14.7 Å². The topological polar surface area (TPSA) is 88.3 Å². The van der Waals surface area contributed by atoms with Gasteiger partial charge in [-0.1, -0.05) is 18.2 Å². The molecule has 0 aliphatic rings. The maximum Gasteiger partial charge on any atom is 0.356 e. The number of carbonyl (C=O) groups is 2. The molecule has 2 heterocycles. The lowest BCUT2D eigenvalue weighted by Gasteiger charge is -2.16. The van der Waals surface area contributed by atoms with E-state index in [0.29, 0.717) is 12.2 Å². The van der Waals surface area contributed by atoms with Crippen molar-refractivity contribution < 1.29 is 14.7 Å². The van der Waals surface area contributed by atoms with Crippen LogP contribution in [0.4, 0.5) is 0 Å². The third-order valence-corrected chi connectivity index (χ3v) is 4.38. The Morgan fingerprint density at radius 3 is 2.60 bits per heavy atom. The summed E-state index contributed by atoms with van der Waals surface area (Å²) in [5.41, 5.74) is 1.43. The Bertz CT molecular complexity index is 917. The van der Waals surface area contributed by atoms with Gasteiger partial charge in [0.05, 0.1) is 22.9 Å². The van der Waals surface area contributed by atoms with Gasteiger partial charge in [0.15, 0.2) is 5.69 Å². The molecule has 0 atom stereocenters. The third kappa shape index (κ3) is 3.58. The normalized spacial score (nSPS) is 10.6. The minimum absolute atomic E-state index is 0.176. The minimum Gasteiger partial charge on any atom is -0.476 e. The number of amides is 1. The van der Waals surface area contributed by atoms with E-state index in [1.165, 1.54) is 27.0 Å². The molecule has 1 N–H and O–H groups in total. The summed E-state index contributed by atoms with van der Waals surface area (Å²) >= 11 is 1.52. The monoisotopic (exact) mass is 356 g/mol. The smallest absolute Gasteiger partial charge is 0.356 e. The van der Waals surface area contributed by atoms with Gasteiger partial charge in [-0.2, -0.15) is 5.10 Å². The molecule has 0 aliphatic heterocycles. The summed E-state index contributed by atoms with van der Waals surface area (Å²) in [7, 11) is 1.65. The maximum absolute atomic E-state index is 12.8. The first-order chi connectivity index (χ1) is 12.0. The van der Waals surface area contributed by atoms with Crippen molar-refractivity contribution in [2.45, 2.75) is 13.5 Å². The highest BCUT2D eigenvalue weighted by Gasteiger charge is 2.23. The van der Waals surface area contributed by atoms with E-state index in [1.807, 2.05) is 18.4 Å². The fourth-order valence-electron chi connectivity index (χ4n) is 2.40. The molecule has 25 heavy (non-hydrogen) atoms. The summed E-state index contributed by atoms with van der Waals surface area (Å²) in [5.74, 6) is -1.50. The van der Waals surface area contributed by atoms with Gasteiger partial charge >= 0.3 is 5.97 Å². The molecular formula is C17H16N4O3S. The Hall–Kier alpha value is -3.00. The van der Waals surface area contributed by atoms with Crippen LogP contribution in [0, 0.1) is 6.92 Å². The van der Waals surface area contributed by atoms with Crippen LogP contribution >= 0.6 is 11.3 Å². The maximum atomic E-state index is 12.8. The largest absolute Gasteiger partial charge is 0.476 e. The van der Waals surface area contributed by atoms with Gasteiger partial charge in [-0.15, -0.1) is 11.3 Å². The molecule has 3 rings (SSSR count). The van der Waals surface area contributed by atoms with Crippen LogP contribution in [0.3, 0.4) is 0 Å². The quantitative estimate of drug-likeness (QED) is 0.759. The van der Waals surface area contributed by atoms with Gasteiger partial charge in [0.2, 0.25) is 0 Å². The average molecular weight is 356 g/mol. The van der Waals surface area contributed by atoms with Crippen molar-refractivity contribution in [1.82, 2.24) is 19.7 Å². The predicted molar refractivity (Wildman–Crippen MR) is 93.2 cm³/mol. The number of nitrogens with zero attached hydrogens (tertiary/aromatic N) is 4. The second-order valence-electron chi connectivity index (χ2n) is 5.49. The van der Waals surface area contributed by atoms with Crippen LogP contribution in [-0.4, -0.2) is 43.7 Å². The third-order valence-electron chi connectivity index (χ3n) is 3.56. The number of hydrogen-bond acceptors (Lipinski definition) is 5. The van der Waals surface area contributed by atoms with Crippen LogP contribution in [0.5, 0.6) is 0 Å². The van der Waals surface area contributed by atoms with Crippen molar-refractivity contribution in [3.8, 4) is 5.69 Å². The fourth-order valence-corrected chi connectivity index (χ4v) is 3.00. The lowest BCUT2D eigenvalue weighted by Crippen LogP contribution is -2.28. The molecule has 0 fully saturated rings. The summed E-state index contributed by atoms with van der Waals surface area (Å²) < 4.78 is 1.36. The van der Waals surface area contributed by atoms with Crippen molar-refractivity contribution in [3.05, 3.63) is 63.9 Å². The first-order valence-electron chi connectivity index (χ1n) is 7.51. The first-order valence-corrected chi connectivity index (χ1v) is 8.39. The van der Waals surface area contributed by atoms with E-state index in [4.69, 9.17) is 0 Å². The highest BCUT2D eigenvalue weighted by molar-refractivity contribution is 7.09. The van der Waals surface area contributed by atoms with E-state index < -0.39 is 5.97 Å². The molecule has 7 nitrogen and oxygen atoms in total. The van der Waals surface area contributed by atoms with Crippen LogP contribution in [0.1, 0.15) is 31.7 Å². The molecule has 0 saturated heterocycles. The zero-order valence-corrected chi connectivity index (χ0v) is 14.5. The van der Waals surface area contributed by atoms with Gasteiger partial charge in [0, 0.05) is 18.5 Å². The number of rotatable bonds is 5. The molecule has 3 aromatic rings. The van der Waals surface area contributed by atoms with Gasteiger partial charge in [-0.3, -0.25) is 4.79 Å². The second-order valence-corrected chi connectivity index (χ2v) is 6.55.